The van der Waals surface area contributed by atoms with Gasteiger partial charge in [-0.2, -0.15) is 0 Å². The van der Waals surface area contributed by atoms with E-state index in [2.05, 4.69) is 88.4 Å². The third kappa shape index (κ3) is 2.78. The van der Waals surface area contributed by atoms with E-state index in [-0.39, 0.29) is 0 Å². The van der Waals surface area contributed by atoms with E-state index in [1.807, 2.05) is 0 Å². The van der Waals surface area contributed by atoms with E-state index in [0.717, 1.165) is 12.8 Å². The van der Waals surface area contributed by atoms with Gasteiger partial charge in [-0.3, -0.25) is 0 Å². The second-order valence-corrected chi connectivity index (χ2v) is 6.40. The Balaban J connectivity index is 2.44. The maximum Gasteiger partial charge on any atom is -0.00705 e. The Morgan fingerprint density at radius 1 is 0.542 bits per heavy atom. The number of hydrogen-bond acceptors (Lipinski definition) is 0. The fourth-order valence-electron chi connectivity index (χ4n) is 4.02. The zero-order valence-corrected chi connectivity index (χ0v) is 15.2. The molecule has 0 bridgehead atoms. The smallest absolute Gasteiger partial charge is 0.00705 e. The van der Waals surface area contributed by atoms with Crippen molar-refractivity contribution in [2.75, 3.05) is 0 Å². The Morgan fingerprint density at radius 3 is 1.17 bits per heavy atom. The Morgan fingerprint density at radius 2 is 0.875 bits per heavy atom. The van der Waals surface area contributed by atoms with Crippen LogP contribution in [-0.4, -0.2) is 0 Å². The molecule has 0 saturated heterocycles. The summed E-state index contributed by atoms with van der Waals surface area (Å²) < 4.78 is 0. The molecule has 0 aliphatic heterocycles. The maximum absolute atomic E-state index is 2.30. The standard InChI is InChI=1S/C24H26/c1-5-21-17(3)23(19-13-9-7-10-14-19)24(18(4)22(21)6-2)20-15-11-8-12-16-20/h7-16H,5-6H2,1-4H3. The number of rotatable bonds is 4. The average molecular weight is 314 g/mol. The average Bonchev–Trinajstić information content (AvgIpc) is 2.64. The lowest BCUT2D eigenvalue weighted by Gasteiger charge is -2.24. The molecular formula is C24H26. The van der Waals surface area contributed by atoms with Gasteiger partial charge >= 0.3 is 0 Å². The Kier molecular flexibility index (Phi) is 4.85. The van der Waals surface area contributed by atoms with E-state index < -0.39 is 0 Å². The van der Waals surface area contributed by atoms with E-state index in [0.29, 0.717) is 0 Å². The van der Waals surface area contributed by atoms with Gasteiger partial charge in [0.05, 0.1) is 0 Å². The molecule has 0 nitrogen and oxygen atoms in total. The van der Waals surface area contributed by atoms with Crippen molar-refractivity contribution in [2.45, 2.75) is 40.5 Å². The highest BCUT2D eigenvalue weighted by molar-refractivity contribution is 5.89. The van der Waals surface area contributed by atoms with Gasteiger partial charge in [-0.05, 0) is 71.2 Å². The van der Waals surface area contributed by atoms with Crippen LogP contribution in [0, 0.1) is 13.8 Å². The molecule has 0 spiro atoms. The van der Waals surface area contributed by atoms with Gasteiger partial charge in [-0.15, -0.1) is 0 Å². The van der Waals surface area contributed by atoms with Crippen LogP contribution >= 0.6 is 0 Å². The van der Waals surface area contributed by atoms with Crippen molar-refractivity contribution in [3.63, 3.8) is 0 Å². The molecule has 0 aliphatic carbocycles. The third-order valence-corrected chi connectivity index (χ3v) is 5.10. The van der Waals surface area contributed by atoms with Crippen LogP contribution in [-0.2, 0) is 12.8 Å². The third-order valence-electron chi connectivity index (χ3n) is 5.10. The van der Waals surface area contributed by atoms with Crippen LogP contribution in [0.4, 0.5) is 0 Å². The normalized spacial score (nSPS) is 10.8. The second kappa shape index (κ2) is 7.05. The van der Waals surface area contributed by atoms with Gasteiger partial charge in [0.15, 0.2) is 0 Å². The van der Waals surface area contributed by atoms with Crippen molar-refractivity contribution < 1.29 is 0 Å². The summed E-state index contributed by atoms with van der Waals surface area (Å²) in [5.41, 5.74) is 11.3. The van der Waals surface area contributed by atoms with E-state index in [4.69, 9.17) is 0 Å². The van der Waals surface area contributed by atoms with Gasteiger partial charge in [0, 0.05) is 0 Å². The first kappa shape index (κ1) is 16.5. The topological polar surface area (TPSA) is 0 Å². The van der Waals surface area contributed by atoms with Gasteiger partial charge in [-0.1, -0.05) is 74.5 Å². The first-order valence-electron chi connectivity index (χ1n) is 8.94. The molecule has 0 radical (unpaired) electrons. The molecule has 0 fully saturated rings. The highest BCUT2D eigenvalue weighted by Crippen LogP contribution is 2.41. The Hall–Kier alpha value is -2.34. The van der Waals surface area contributed by atoms with E-state index in [9.17, 15) is 0 Å². The van der Waals surface area contributed by atoms with Crippen molar-refractivity contribution in [3.8, 4) is 22.3 Å². The van der Waals surface area contributed by atoms with Gasteiger partial charge < -0.3 is 0 Å². The quantitative estimate of drug-likeness (QED) is 0.499. The molecule has 122 valence electrons. The van der Waals surface area contributed by atoms with Crippen molar-refractivity contribution >= 4 is 0 Å². The molecule has 0 N–H and O–H groups in total. The van der Waals surface area contributed by atoms with Crippen LogP contribution in [0.3, 0.4) is 0 Å². The lowest BCUT2D eigenvalue weighted by molar-refractivity contribution is 1.00. The predicted molar refractivity (Wildman–Crippen MR) is 106 cm³/mol. The van der Waals surface area contributed by atoms with E-state index in [1.54, 1.807) is 0 Å². The van der Waals surface area contributed by atoms with Gasteiger partial charge in [0.25, 0.3) is 0 Å². The highest BCUT2D eigenvalue weighted by atomic mass is 14.2. The van der Waals surface area contributed by atoms with Crippen molar-refractivity contribution in [2.24, 2.45) is 0 Å². The van der Waals surface area contributed by atoms with Crippen LogP contribution in [0.15, 0.2) is 60.7 Å². The van der Waals surface area contributed by atoms with Crippen molar-refractivity contribution in [1.82, 2.24) is 0 Å². The molecule has 3 aromatic rings. The highest BCUT2D eigenvalue weighted by Gasteiger charge is 2.19. The Bertz CT molecular complexity index is 755. The van der Waals surface area contributed by atoms with E-state index >= 15 is 0 Å². The van der Waals surface area contributed by atoms with Crippen LogP contribution < -0.4 is 0 Å². The molecule has 0 heteroatoms. The molecule has 3 aromatic carbocycles. The lowest BCUT2D eigenvalue weighted by atomic mass is 9.81. The van der Waals surface area contributed by atoms with Gasteiger partial charge in [0.2, 0.25) is 0 Å². The largest absolute Gasteiger partial charge is 0.0622 e. The molecule has 3 rings (SSSR count). The number of benzene rings is 3. The van der Waals surface area contributed by atoms with Crippen LogP contribution in [0.1, 0.15) is 36.1 Å². The summed E-state index contributed by atoms with van der Waals surface area (Å²) in [5, 5.41) is 0. The summed E-state index contributed by atoms with van der Waals surface area (Å²) in [6, 6.07) is 21.7. The van der Waals surface area contributed by atoms with Gasteiger partial charge in [-0.25, -0.2) is 0 Å². The second-order valence-electron chi connectivity index (χ2n) is 6.40. The molecule has 24 heavy (non-hydrogen) atoms. The summed E-state index contributed by atoms with van der Waals surface area (Å²) in [6.45, 7) is 9.15. The van der Waals surface area contributed by atoms with Gasteiger partial charge in [0.1, 0.15) is 0 Å². The summed E-state index contributed by atoms with van der Waals surface area (Å²) in [5.74, 6) is 0. The van der Waals surface area contributed by atoms with Crippen molar-refractivity contribution in [3.05, 3.63) is 82.9 Å². The van der Waals surface area contributed by atoms with Crippen LogP contribution in [0.5, 0.6) is 0 Å². The minimum absolute atomic E-state index is 1.09. The molecule has 0 aliphatic rings. The molecule has 0 unspecified atom stereocenters. The molecule has 0 amide bonds. The fraction of sp³-hybridized carbons (Fsp3) is 0.250. The van der Waals surface area contributed by atoms with E-state index in [1.165, 1.54) is 44.5 Å². The zero-order valence-electron chi connectivity index (χ0n) is 15.2. The minimum atomic E-state index is 1.09. The number of hydrogen-bond donors (Lipinski definition) is 0. The summed E-state index contributed by atoms with van der Waals surface area (Å²) in [7, 11) is 0. The summed E-state index contributed by atoms with van der Waals surface area (Å²) >= 11 is 0. The Labute approximate surface area is 146 Å². The fourth-order valence-corrected chi connectivity index (χ4v) is 4.02. The predicted octanol–water partition coefficient (Wildman–Crippen LogP) is 6.76. The summed E-state index contributed by atoms with van der Waals surface area (Å²) in [6.07, 6.45) is 2.18. The van der Waals surface area contributed by atoms with Crippen LogP contribution in [0.2, 0.25) is 0 Å². The molecule has 0 aromatic heterocycles. The molecule has 0 saturated carbocycles. The van der Waals surface area contributed by atoms with Crippen LogP contribution in [0.25, 0.3) is 22.3 Å². The monoisotopic (exact) mass is 314 g/mol. The first-order chi connectivity index (χ1) is 11.7. The zero-order chi connectivity index (χ0) is 17.1. The first-order valence-corrected chi connectivity index (χ1v) is 8.94. The minimum Gasteiger partial charge on any atom is -0.0622 e. The SMILES string of the molecule is CCc1c(C)c(-c2ccccc2)c(-c2ccccc2)c(C)c1CC. The molecule has 0 heterocycles. The molecule has 0 atom stereocenters. The molecular weight excluding hydrogens is 288 g/mol. The lowest BCUT2D eigenvalue weighted by Crippen LogP contribution is -2.04. The van der Waals surface area contributed by atoms with Crippen molar-refractivity contribution in [1.29, 1.82) is 0 Å². The summed E-state index contributed by atoms with van der Waals surface area (Å²) in [4.78, 5) is 0. The maximum atomic E-state index is 2.30.